The fraction of sp³-hybridized carbons (Fsp3) is 0.833. The number of fused-ring (bicyclic) bond motifs is 1. The molecule has 0 bridgehead atoms. The highest BCUT2D eigenvalue weighted by Gasteiger charge is 2.27. The highest BCUT2D eigenvalue weighted by Crippen LogP contribution is 2.34. The van der Waals surface area contributed by atoms with E-state index in [9.17, 15) is 0 Å². The molecular weight excluding hydrogens is 276 g/mol. The van der Waals surface area contributed by atoms with Crippen LogP contribution in [0.3, 0.4) is 0 Å². The second kappa shape index (κ2) is 7.73. The summed E-state index contributed by atoms with van der Waals surface area (Å²) in [5, 5.41) is 5.25. The molecule has 1 saturated carbocycles. The molecule has 1 aromatic rings. The van der Waals surface area contributed by atoms with E-state index in [1.807, 2.05) is 11.3 Å². The second-order valence-corrected chi connectivity index (χ2v) is 7.94. The molecule has 0 amide bonds. The van der Waals surface area contributed by atoms with Gasteiger partial charge in [-0.15, -0.1) is 11.3 Å². The average Bonchev–Trinajstić information content (AvgIpc) is 3.21. The molecule has 0 spiro atoms. The minimum Gasteiger partial charge on any atom is -0.305 e. The smallest absolute Gasteiger partial charge is 0.110 e. The Bertz CT molecular complexity index is 413. The number of rotatable bonds is 9. The van der Waals surface area contributed by atoms with Crippen LogP contribution in [0.2, 0.25) is 0 Å². The molecule has 0 saturated heterocycles. The second-order valence-electron chi connectivity index (χ2n) is 6.83. The van der Waals surface area contributed by atoms with Crippen molar-refractivity contribution in [3.8, 4) is 0 Å². The summed E-state index contributed by atoms with van der Waals surface area (Å²) >= 11 is 2.01. The van der Waals surface area contributed by atoms with Crippen LogP contribution in [-0.2, 0) is 12.8 Å². The van der Waals surface area contributed by atoms with Crippen LogP contribution in [0, 0.1) is 0 Å². The third-order valence-electron chi connectivity index (χ3n) is 4.77. The summed E-state index contributed by atoms with van der Waals surface area (Å²) in [6.07, 6.45) is 16.1. The van der Waals surface area contributed by atoms with Crippen molar-refractivity contribution in [1.82, 2.24) is 10.3 Å². The van der Waals surface area contributed by atoms with Crippen molar-refractivity contribution in [2.45, 2.75) is 96.1 Å². The summed E-state index contributed by atoms with van der Waals surface area (Å²) in [4.78, 5) is 6.59. The first-order valence-electron chi connectivity index (χ1n) is 9.11. The first-order valence-corrected chi connectivity index (χ1v) is 9.93. The minimum absolute atomic E-state index is 0.537. The highest BCUT2D eigenvalue weighted by molar-refractivity contribution is 7.11. The summed E-state index contributed by atoms with van der Waals surface area (Å²) in [7, 11) is 0. The third-order valence-corrected chi connectivity index (χ3v) is 6.04. The van der Waals surface area contributed by atoms with Crippen LogP contribution in [0.4, 0.5) is 0 Å². The Balaban J connectivity index is 1.57. The van der Waals surface area contributed by atoms with Crippen LogP contribution in [0.5, 0.6) is 0 Å². The van der Waals surface area contributed by atoms with Crippen LogP contribution in [-0.4, -0.2) is 11.0 Å². The fourth-order valence-corrected chi connectivity index (χ4v) is 4.53. The molecule has 1 fully saturated rings. The summed E-state index contributed by atoms with van der Waals surface area (Å²) in [6.45, 7) is 2.29. The zero-order chi connectivity index (χ0) is 14.5. The molecule has 1 unspecified atom stereocenters. The van der Waals surface area contributed by atoms with Gasteiger partial charge in [-0.05, 0) is 44.9 Å². The van der Waals surface area contributed by atoms with E-state index >= 15 is 0 Å². The number of aromatic nitrogens is 1. The Morgan fingerprint density at radius 1 is 1.14 bits per heavy atom. The van der Waals surface area contributed by atoms with Gasteiger partial charge in [0.1, 0.15) is 5.01 Å². The lowest BCUT2D eigenvalue weighted by Gasteiger charge is -2.16. The number of thiazole rings is 1. The number of hydrogen-bond acceptors (Lipinski definition) is 3. The van der Waals surface area contributed by atoms with Crippen molar-refractivity contribution < 1.29 is 0 Å². The van der Waals surface area contributed by atoms with E-state index < -0.39 is 0 Å². The molecule has 1 N–H and O–H groups in total. The molecule has 1 atom stereocenters. The maximum atomic E-state index is 5.00. The van der Waals surface area contributed by atoms with Gasteiger partial charge in [0, 0.05) is 10.9 Å². The molecule has 21 heavy (non-hydrogen) atoms. The first-order chi connectivity index (χ1) is 10.4. The molecule has 0 radical (unpaired) electrons. The lowest BCUT2D eigenvalue weighted by Crippen LogP contribution is -2.23. The maximum absolute atomic E-state index is 5.00. The van der Waals surface area contributed by atoms with Crippen molar-refractivity contribution >= 4 is 11.3 Å². The molecule has 1 aromatic heterocycles. The van der Waals surface area contributed by atoms with Crippen molar-refractivity contribution in [3.05, 3.63) is 15.6 Å². The number of hydrogen-bond donors (Lipinski definition) is 1. The summed E-state index contributed by atoms with van der Waals surface area (Å²) in [6, 6.07) is 1.32. The van der Waals surface area contributed by atoms with Crippen LogP contribution in [0.25, 0.3) is 0 Å². The van der Waals surface area contributed by atoms with E-state index in [0.717, 1.165) is 6.04 Å². The average molecular weight is 307 g/mol. The van der Waals surface area contributed by atoms with Crippen LogP contribution in [0.15, 0.2) is 0 Å². The maximum Gasteiger partial charge on any atom is 0.110 e. The van der Waals surface area contributed by atoms with Crippen molar-refractivity contribution in [3.63, 3.8) is 0 Å². The van der Waals surface area contributed by atoms with Crippen molar-refractivity contribution in [1.29, 1.82) is 0 Å². The van der Waals surface area contributed by atoms with E-state index in [4.69, 9.17) is 4.98 Å². The van der Waals surface area contributed by atoms with Crippen molar-refractivity contribution in [2.75, 3.05) is 0 Å². The van der Waals surface area contributed by atoms with Gasteiger partial charge in [-0.2, -0.15) is 0 Å². The monoisotopic (exact) mass is 306 g/mol. The Kier molecular flexibility index (Phi) is 5.70. The SMILES string of the molecule is CCCCCCCC(NC1CC1)c1nc2c(s1)CCCC2. The normalized spacial score (nSPS) is 19.5. The predicted molar refractivity (Wildman–Crippen MR) is 91.0 cm³/mol. The molecular formula is C18H30N2S. The summed E-state index contributed by atoms with van der Waals surface area (Å²) in [5.41, 5.74) is 1.43. The zero-order valence-corrected chi connectivity index (χ0v) is 14.3. The van der Waals surface area contributed by atoms with Gasteiger partial charge in [-0.3, -0.25) is 0 Å². The minimum atomic E-state index is 0.537. The Morgan fingerprint density at radius 2 is 1.95 bits per heavy atom. The predicted octanol–water partition coefficient (Wildman–Crippen LogP) is 5.18. The van der Waals surface area contributed by atoms with Gasteiger partial charge in [-0.25, -0.2) is 4.98 Å². The number of nitrogens with one attached hydrogen (secondary N) is 1. The Hall–Kier alpha value is -0.410. The van der Waals surface area contributed by atoms with Crippen LogP contribution < -0.4 is 5.32 Å². The van der Waals surface area contributed by atoms with Crippen molar-refractivity contribution in [2.24, 2.45) is 0 Å². The lowest BCUT2D eigenvalue weighted by atomic mass is 10.0. The Labute approximate surface area is 133 Å². The molecule has 3 rings (SSSR count). The van der Waals surface area contributed by atoms with E-state index in [1.54, 1.807) is 4.88 Å². The Morgan fingerprint density at radius 3 is 2.71 bits per heavy atom. The quantitative estimate of drug-likeness (QED) is 0.636. The van der Waals surface area contributed by atoms with Crippen LogP contribution >= 0.6 is 11.3 Å². The van der Waals surface area contributed by atoms with Gasteiger partial charge in [0.15, 0.2) is 0 Å². The van der Waals surface area contributed by atoms with Gasteiger partial charge in [-0.1, -0.05) is 39.0 Å². The molecule has 2 nitrogen and oxygen atoms in total. The van der Waals surface area contributed by atoms with E-state index in [2.05, 4.69) is 12.2 Å². The fourth-order valence-electron chi connectivity index (χ4n) is 3.29. The number of nitrogens with zero attached hydrogens (tertiary/aromatic N) is 1. The molecule has 118 valence electrons. The first kappa shape index (κ1) is 15.5. The van der Waals surface area contributed by atoms with E-state index in [0.29, 0.717) is 6.04 Å². The molecule has 2 aliphatic carbocycles. The van der Waals surface area contributed by atoms with Gasteiger partial charge < -0.3 is 5.32 Å². The molecule has 1 heterocycles. The molecule has 0 aliphatic heterocycles. The van der Waals surface area contributed by atoms with Gasteiger partial charge >= 0.3 is 0 Å². The third kappa shape index (κ3) is 4.53. The molecule has 2 aliphatic rings. The summed E-state index contributed by atoms with van der Waals surface area (Å²) < 4.78 is 0. The zero-order valence-electron chi connectivity index (χ0n) is 13.5. The number of unbranched alkanes of at least 4 members (excludes halogenated alkanes) is 4. The van der Waals surface area contributed by atoms with Crippen LogP contribution in [0.1, 0.15) is 92.8 Å². The highest BCUT2D eigenvalue weighted by atomic mass is 32.1. The standard InChI is InChI=1S/C18H30N2S/c1-2-3-4-5-6-10-16(19-14-12-13-14)18-20-15-9-7-8-11-17(15)21-18/h14,16,19H,2-13H2,1H3. The van der Waals surface area contributed by atoms with Gasteiger partial charge in [0.05, 0.1) is 11.7 Å². The van der Waals surface area contributed by atoms with E-state index in [1.165, 1.54) is 87.8 Å². The van der Waals surface area contributed by atoms with Gasteiger partial charge in [0.2, 0.25) is 0 Å². The van der Waals surface area contributed by atoms with Gasteiger partial charge in [0.25, 0.3) is 0 Å². The summed E-state index contributed by atoms with van der Waals surface area (Å²) in [5.74, 6) is 0. The largest absolute Gasteiger partial charge is 0.305 e. The lowest BCUT2D eigenvalue weighted by molar-refractivity contribution is 0.463. The topological polar surface area (TPSA) is 24.9 Å². The number of aryl methyl sites for hydroxylation is 2. The molecule has 3 heteroatoms. The van der Waals surface area contributed by atoms with E-state index in [-0.39, 0.29) is 0 Å². The molecule has 0 aromatic carbocycles.